The molecule has 1 aliphatic rings. The van der Waals surface area contributed by atoms with Crippen molar-refractivity contribution >= 4 is 27.9 Å². The van der Waals surface area contributed by atoms with Gasteiger partial charge in [-0.15, -0.1) is 21.8 Å². The molecule has 0 atom stereocenters. The first-order chi connectivity index (χ1) is 8.38. The number of halogens is 1. The van der Waals surface area contributed by atoms with Crippen molar-refractivity contribution in [1.29, 1.82) is 0 Å². The molecule has 0 radical (unpaired) electrons. The summed E-state index contributed by atoms with van der Waals surface area (Å²) in [5.41, 5.74) is 0. The van der Waals surface area contributed by atoms with E-state index >= 15 is 0 Å². The number of aromatic nitrogens is 4. The van der Waals surface area contributed by atoms with Crippen LogP contribution in [-0.4, -0.2) is 25.7 Å². The molecule has 0 saturated heterocycles. The molecular weight excluding hydrogens is 256 g/mol. The molecule has 2 aromatic rings. The molecule has 0 aliphatic heterocycles. The van der Waals surface area contributed by atoms with Crippen LogP contribution in [0, 0.1) is 0 Å². The Morgan fingerprint density at radius 3 is 2.88 bits per heavy atom. The molecule has 92 valence electrons. The largest absolute Gasteiger partial charge is 0.234 e. The summed E-state index contributed by atoms with van der Waals surface area (Å²) in [6, 6.07) is 0. The first-order valence-corrected chi connectivity index (χ1v) is 7.50. The van der Waals surface area contributed by atoms with Gasteiger partial charge in [0.25, 0.3) is 0 Å². The third-order valence-electron chi connectivity index (χ3n) is 3.30. The Balaban J connectivity index is 1.78. The molecule has 17 heavy (non-hydrogen) atoms. The first-order valence-electron chi connectivity index (χ1n) is 6.15. The van der Waals surface area contributed by atoms with Crippen LogP contribution in [0.5, 0.6) is 0 Å². The van der Waals surface area contributed by atoms with Crippen molar-refractivity contribution in [3.8, 4) is 0 Å². The molecular formula is C11H15ClN4S. The van der Waals surface area contributed by atoms with E-state index in [-0.39, 0.29) is 0 Å². The monoisotopic (exact) mass is 270 g/mol. The molecule has 1 aliphatic carbocycles. The highest BCUT2D eigenvalue weighted by molar-refractivity contribution is 7.16. The molecule has 0 amide bonds. The van der Waals surface area contributed by atoms with Gasteiger partial charge in [0.15, 0.2) is 5.82 Å². The lowest BCUT2D eigenvalue weighted by Gasteiger charge is -2.22. The molecule has 6 heteroatoms. The summed E-state index contributed by atoms with van der Waals surface area (Å²) in [6.07, 6.45) is 6.94. The Morgan fingerprint density at radius 2 is 2.18 bits per heavy atom. The lowest BCUT2D eigenvalue weighted by atomic mass is 9.85. The van der Waals surface area contributed by atoms with E-state index in [0.717, 1.165) is 40.9 Å². The number of nitrogens with zero attached hydrogens (tertiary/aromatic N) is 4. The Labute approximate surface area is 109 Å². The van der Waals surface area contributed by atoms with Crippen LogP contribution in [0.25, 0.3) is 4.96 Å². The van der Waals surface area contributed by atoms with Crippen molar-refractivity contribution in [3.63, 3.8) is 0 Å². The standard InChI is InChI=1S/C11H15ClN4S/c12-7-2-1-6-9-15-16-10(8-4-3-5-8)13-14-11(16)17-9/h8H,1-7H2. The number of hydrogen-bond donors (Lipinski definition) is 0. The highest BCUT2D eigenvalue weighted by atomic mass is 35.5. The van der Waals surface area contributed by atoms with Crippen LogP contribution in [0.2, 0.25) is 0 Å². The molecule has 4 nitrogen and oxygen atoms in total. The van der Waals surface area contributed by atoms with Gasteiger partial charge in [0.2, 0.25) is 4.96 Å². The third-order valence-corrected chi connectivity index (χ3v) is 4.53. The van der Waals surface area contributed by atoms with Gasteiger partial charge in [-0.05, 0) is 25.7 Å². The van der Waals surface area contributed by atoms with Crippen LogP contribution in [0.4, 0.5) is 0 Å². The Hall–Kier alpha value is -0.680. The second kappa shape index (κ2) is 4.90. The van der Waals surface area contributed by atoms with E-state index in [1.54, 1.807) is 11.3 Å². The maximum absolute atomic E-state index is 5.67. The molecule has 1 saturated carbocycles. The predicted octanol–water partition coefficient (Wildman–Crippen LogP) is 3.01. The van der Waals surface area contributed by atoms with E-state index in [0.29, 0.717) is 5.92 Å². The predicted molar refractivity (Wildman–Crippen MR) is 68.9 cm³/mol. The van der Waals surface area contributed by atoms with Gasteiger partial charge in [-0.1, -0.05) is 17.8 Å². The molecule has 2 heterocycles. The third kappa shape index (κ3) is 2.18. The van der Waals surface area contributed by atoms with Gasteiger partial charge in [0, 0.05) is 18.2 Å². The lowest BCUT2D eigenvalue weighted by Crippen LogP contribution is -2.13. The Bertz CT molecular complexity index is 503. The molecule has 0 unspecified atom stereocenters. The minimum absolute atomic E-state index is 0.586. The summed E-state index contributed by atoms with van der Waals surface area (Å²) in [4.78, 5) is 0.938. The first kappa shape index (κ1) is 11.4. The van der Waals surface area contributed by atoms with Crippen LogP contribution in [0.3, 0.4) is 0 Å². The molecule has 2 aromatic heterocycles. The van der Waals surface area contributed by atoms with E-state index in [9.17, 15) is 0 Å². The number of hydrogen-bond acceptors (Lipinski definition) is 4. The van der Waals surface area contributed by atoms with E-state index in [4.69, 9.17) is 11.6 Å². The van der Waals surface area contributed by atoms with Crippen molar-refractivity contribution in [2.45, 2.75) is 44.4 Å². The summed E-state index contributed by atoms with van der Waals surface area (Å²) in [5.74, 6) is 2.38. The van der Waals surface area contributed by atoms with Gasteiger partial charge in [-0.3, -0.25) is 0 Å². The van der Waals surface area contributed by atoms with E-state index in [1.165, 1.54) is 19.3 Å². The second-order valence-electron chi connectivity index (χ2n) is 4.52. The van der Waals surface area contributed by atoms with Gasteiger partial charge in [-0.2, -0.15) is 9.61 Å². The van der Waals surface area contributed by atoms with Crippen LogP contribution in [-0.2, 0) is 6.42 Å². The average Bonchev–Trinajstić information content (AvgIpc) is 2.78. The summed E-state index contributed by atoms with van der Waals surface area (Å²) < 4.78 is 1.95. The Morgan fingerprint density at radius 1 is 1.29 bits per heavy atom. The Kier molecular flexibility index (Phi) is 3.29. The molecule has 1 fully saturated rings. The topological polar surface area (TPSA) is 43.1 Å². The van der Waals surface area contributed by atoms with E-state index in [1.807, 2.05) is 4.52 Å². The summed E-state index contributed by atoms with van der Waals surface area (Å²) in [7, 11) is 0. The van der Waals surface area contributed by atoms with Crippen LogP contribution >= 0.6 is 22.9 Å². The van der Waals surface area contributed by atoms with Crippen molar-refractivity contribution in [1.82, 2.24) is 19.8 Å². The van der Waals surface area contributed by atoms with Gasteiger partial charge in [0.1, 0.15) is 5.01 Å². The quantitative estimate of drug-likeness (QED) is 0.620. The smallest absolute Gasteiger partial charge is 0.187 e. The highest BCUT2D eigenvalue weighted by Gasteiger charge is 2.26. The minimum atomic E-state index is 0.586. The molecule has 0 aromatic carbocycles. The average molecular weight is 271 g/mol. The van der Waals surface area contributed by atoms with E-state index < -0.39 is 0 Å². The number of fused-ring (bicyclic) bond motifs is 1. The number of alkyl halides is 1. The van der Waals surface area contributed by atoms with Crippen molar-refractivity contribution in [2.75, 3.05) is 5.88 Å². The molecule has 0 bridgehead atoms. The zero-order valence-corrected chi connectivity index (χ0v) is 11.2. The number of unbranched alkanes of at least 4 members (excludes halogenated alkanes) is 1. The summed E-state index contributed by atoms with van der Waals surface area (Å²) in [5, 5.41) is 14.2. The minimum Gasteiger partial charge on any atom is -0.187 e. The van der Waals surface area contributed by atoms with Crippen LogP contribution < -0.4 is 0 Å². The summed E-state index contributed by atoms with van der Waals surface area (Å²) >= 11 is 7.33. The SMILES string of the molecule is ClCCCCc1nn2c(C3CCC3)nnc2s1. The fourth-order valence-electron chi connectivity index (χ4n) is 2.06. The normalized spacial score (nSPS) is 16.5. The van der Waals surface area contributed by atoms with Crippen molar-refractivity contribution in [3.05, 3.63) is 10.8 Å². The number of rotatable bonds is 5. The lowest BCUT2D eigenvalue weighted by molar-refractivity contribution is 0.395. The maximum Gasteiger partial charge on any atom is 0.234 e. The van der Waals surface area contributed by atoms with Crippen molar-refractivity contribution < 1.29 is 0 Å². The molecule has 0 N–H and O–H groups in total. The molecule has 0 spiro atoms. The van der Waals surface area contributed by atoms with Gasteiger partial charge < -0.3 is 0 Å². The summed E-state index contributed by atoms with van der Waals surface area (Å²) in [6.45, 7) is 0. The van der Waals surface area contributed by atoms with Gasteiger partial charge in [-0.25, -0.2) is 0 Å². The van der Waals surface area contributed by atoms with Gasteiger partial charge in [0.05, 0.1) is 0 Å². The van der Waals surface area contributed by atoms with Crippen LogP contribution in [0.15, 0.2) is 0 Å². The molecule has 3 rings (SSSR count). The highest BCUT2D eigenvalue weighted by Crippen LogP contribution is 2.35. The zero-order chi connectivity index (χ0) is 11.7. The fraction of sp³-hybridized carbons (Fsp3) is 0.727. The maximum atomic E-state index is 5.67. The van der Waals surface area contributed by atoms with Crippen LogP contribution in [0.1, 0.15) is 48.9 Å². The van der Waals surface area contributed by atoms with Gasteiger partial charge >= 0.3 is 0 Å². The van der Waals surface area contributed by atoms with E-state index in [2.05, 4.69) is 15.3 Å². The van der Waals surface area contributed by atoms with Crippen molar-refractivity contribution in [2.24, 2.45) is 0 Å². The zero-order valence-electron chi connectivity index (χ0n) is 9.60. The number of aryl methyl sites for hydroxylation is 1. The second-order valence-corrected chi connectivity index (χ2v) is 5.94. The fourth-order valence-corrected chi connectivity index (χ4v) is 3.14.